The number of amides is 1. The number of fused-ring (bicyclic) bond motifs is 2. The maximum Gasteiger partial charge on any atom is 0.224 e. The van der Waals surface area contributed by atoms with Crippen LogP contribution in [0.1, 0.15) is 32.1 Å². The third-order valence-corrected chi connectivity index (χ3v) is 4.42. The van der Waals surface area contributed by atoms with Gasteiger partial charge >= 0.3 is 0 Å². The number of nitrogens with zero attached hydrogens (tertiary/aromatic N) is 4. The Morgan fingerprint density at radius 1 is 1.42 bits per heavy atom. The lowest BCUT2D eigenvalue weighted by atomic mass is 9.98. The molecule has 2 unspecified atom stereocenters. The third kappa shape index (κ3) is 2.78. The zero-order chi connectivity index (χ0) is 13.2. The van der Waals surface area contributed by atoms with Gasteiger partial charge in [0.2, 0.25) is 5.91 Å². The molecule has 2 bridgehead atoms. The molecule has 6 nitrogen and oxygen atoms in total. The second-order valence-electron chi connectivity index (χ2n) is 5.68. The van der Waals surface area contributed by atoms with E-state index in [1.807, 2.05) is 11.9 Å². The van der Waals surface area contributed by atoms with Crippen molar-refractivity contribution < 1.29 is 4.79 Å². The average molecular weight is 263 g/mol. The van der Waals surface area contributed by atoms with Crippen LogP contribution >= 0.6 is 0 Å². The number of carbonyl (C=O) groups is 1. The molecule has 0 spiro atoms. The zero-order valence-corrected chi connectivity index (χ0v) is 11.3. The topological polar surface area (TPSA) is 63.1 Å². The van der Waals surface area contributed by atoms with Crippen molar-refractivity contribution in [3.05, 3.63) is 12.4 Å². The zero-order valence-electron chi connectivity index (χ0n) is 11.3. The second kappa shape index (κ2) is 5.28. The quantitative estimate of drug-likeness (QED) is 0.854. The lowest BCUT2D eigenvalue weighted by molar-refractivity contribution is -0.133. The summed E-state index contributed by atoms with van der Waals surface area (Å²) in [7, 11) is 1.94. The molecular formula is C13H21N5O. The number of nitrogens with one attached hydrogen (secondary N) is 1. The molecule has 1 aromatic heterocycles. The lowest BCUT2D eigenvalue weighted by Gasteiger charge is -2.35. The van der Waals surface area contributed by atoms with Crippen molar-refractivity contribution in [2.45, 2.75) is 56.8 Å². The summed E-state index contributed by atoms with van der Waals surface area (Å²) in [5, 5.41) is 11.2. The Bertz CT molecular complexity index is 420. The van der Waals surface area contributed by atoms with Gasteiger partial charge in [0.1, 0.15) is 0 Å². The molecule has 0 aromatic carbocycles. The van der Waals surface area contributed by atoms with Gasteiger partial charge in [-0.15, -0.1) is 5.10 Å². The minimum absolute atomic E-state index is 0.210. The van der Waals surface area contributed by atoms with Crippen molar-refractivity contribution in [3.63, 3.8) is 0 Å². The Morgan fingerprint density at radius 3 is 2.79 bits per heavy atom. The van der Waals surface area contributed by atoms with Crippen molar-refractivity contribution >= 4 is 5.91 Å². The van der Waals surface area contributed by atoms with Gasteiger partial charge in [-0.1, -0.05) is 5.21 Å². The molecule has 6 heteroatoms. The Labute approximate surface area is 113 Å². The standard InChI is InChI=1S/C13H21N5O/c1-17(12-8-10-2-3-11(9-12)15-10)13(19)4-6-18-7-5-14-16-18/h5,7,10-12,15H,2-4,6,8-9H2,1H3. The van der Waals surface area contributed by atoms with Crippen molar-refractivity contribution in [1.82, 2.24) is 25.2 Å². The van der Waals surface area contributed by atoms with Crippen LogP contribution in [0, 0.1) is 0 Å². The van der Waals surface area contributed by atoms with Gasteiger partial charge in [-0.3, -0.25) is 9.48 Å². The first-order valence-corrected chi connectivity index (χ1v) is 7.08. The molecular weight excluding hydrogens is 242 g/mol. The van der Waals surface area contributed by atoms with Crippen LogP contribution in [-0.4, -0.2) is 51.0 Å². The molecule has 0 saturated carbocycles. The lowest BCUT2D eigenvalue weighted by Crippen LogP contribution is -2.48. The van der Waals surface area contributed by atoms with E-state index in [4.69, 9.17) is 0 Å². The molecule has 19 heavy (non-hydrogen) atoms. The van der Waals surface area contributed by atoms with Crippen LogP contribution in [0.5, 0.6) is 0 Å². The van der Waals surface area contributed by atoms with Gasteiger partial charge in [-0.25, -0.2) is 0 Å². The first-order valence-electron chi connectivity index (χ1n) is 7.08. The molecule has 2 saturated heterocycles. The number of aromatic nitrogens is 3. The Balaban J connectivity index is 1.51. The van der Waals surface area contributed by atoms with Crippen molar-refractivity contribution in [1.29, 1.82) is 0 Å². The Morgan fingerprint density at radius 2 is 2.16 bits per heavy atom. The minimum atomic E-state index is 0.210. The molecule has 0 radical (unpaired) electrons. The van der Waals surface area contributed by atoms with Crippen LogP contribution in [0.2, 0.25) is 0 Å². The van der Waals surface area contributed by atoms with E-state index in [1.54, 1.807) is 17.1 Å². The molecule has 0 aliphatic carbocycles. The molecule has 3 rings (SSSR count). The molecule has 2 aliphatic rings. The maximum absolute atomic E-state index is 12.2. The number of aryl methyl sites for hydroxylation is 1. The first-order chi connectivity index (χ1) is 9.22. The van der Waals surface area contributed by atoms with E-state index in [9.17, 15) is 4.79 Å². The van der Waals surface area contributed by atoms with Gasteiger partial charge in [-0.2, -0.15) is 0 Å². The van der Waals surface area contributed by atoms with Gasteiger partial charge < -0.3 is 10.2 Å². The molecule has 1 aromatic rings. The largest absolute Gasteiger partial charge is 0.343 e. The SMILES string of the molecule is CN(C(=O)CCn1ccnn1)C1CC2CCC(C1)N2. The van der Waals surface area contributed by atoms with Gasteiger partial charge in [0, 0.05) is 37.8 Å². The molecule has 104 valence electrons. The highest BCUT2D eigenvalue weighted by Gasteiger charge is 2.36. The van der Waals surface area contributed by atoms with E-state index < -0.39 is 0 Å². The fourth-order valence-electron chi connectivity index (χ4n) is 3.29. The van der Waals surface area contributed by atoms with Crippen LogP contribution in [-0.2, 0) is 11.3 Å². The number of rotatable bonds is 4. The molecule has 1 N–H and O–H groups in total. The predicted octanol–water partition coefficient (Wildman–Crippen LogP) is 0.410. The number of carbonyl (C=O) groups excluding carboxylic acids is 1. The number of piperidine rings is 1. The second-order valence-corrected chi connectivity index (χ2v) is 5.68. The van der Waals surface area contributed by atoms with E-state index in [-0.39, 0.29) is 5.91 Å². The van der Waals surface area contributed by atoms with E-state index in [0.717, 1.165) is 12.8 Å². The summed E-state index contributed by atoms with van der Waals surface area (Å²) in [6, 6.07) is 1.64. The van der Waals surface area contributed by atoms with E-state index in [2.05, 4.69) is 15.6 Å². The highest BCUT2D eigenvalue weighted by molar-refractivity contribution is 5.76. The molecule has 1 amide bonds. The fraction of sp³-hybridized carbons (Fsp3) is 0.769. The summed E-state index contributed by atoms with van der Waals surface area (Å²) in [5.74, 6) is 0.210. The normalized spacial score (nSPS) is 29.4. The van der Waals surface area contributed by atoms with Crippen LogP contribution in [0.15, 0.2) is 12.4 Å². The van der Waals surface area contributed by atoms with Crippen LogP contribution in [0.3, 0.4) is 0 Å². The van der Waals surface area contributed by atoms with Crippen molar-refractivity contribution in [3.8, 4) is 0 Å². The minimum Gasteiger partial charge on any atom is -0.343 e. The van der Waals surface area contributed by atoms with Gasteiger partial charge in [0.05, 0.1) is 12.7 Å². The predicted molar refractivity (Wildman–Crippen MR) is 70.4 cm³/mol. The van der Waals surface area contributed by atoms with Gasteiger partial charge in [0.15, 0.2) is 0 Å². The van der Waals surface area contributed by atoms with Gasteiger partial charge in [0.25, 0.3) is 0 Å². The van der Waals surface area contributed by atoms with E-state index in [1.165, 1.54) is 12.8 Å². The average Bonchev–Trinajstić information content (AvgIpc) is 3.05. The molecule has 2 fully saturated rings. The third-order valence-electron chi connectivity index (χ3n) is 4.42. The summed E-state index contributed by atoms with van der Waals surface area (Å²) in [6.07, 6.45) is 8.66. The maximum atomic E-state index is 12.2. The van der Waals surface area contributed by atoms with E-state index in [0.29, 0.717) is 31.1 Å². The molecule has 2 atom stereocenters. The smallest absolute Gasteiger partial charge is 0.224 e. The van der Waals surface area contributed by atoms with Gasteiger partial charge in [-0.05, 0) is 25.7 Å². The highest BCUT2D eigenvalue weighted by atomic mass is 16.2. The number of hydrogen-bond acceptors (Lipinski definition) is 4. The Kier molecular flexibility index (Phi) is 3.50. The van der Waals surface area contributed by atoms with Crippen LogP contribution in [0.4, 0.5) is 0 Å². The first kappa shape index (κ1) is 12.6. The summed E-state index contributed by atoms with van der Waals surface area (Å²) < 4.78 is 1.71. The van der Waals surface area contributed by atoms with Crippen molar-refractivity contribution in [2.24, 2.45) is 0 Å². The summed E-state index contributed by atoms with van der Waals surface area (Å²) in [5.41, 5.74) is 0. The van der Waals surface area contributed by atoms with Crippen LogP contribution in [0.25, 0.3) is 0 Å². The highest BCUT2D eigenvalue weighted by Crippen LogP contribution is 2.29. The fourth-order valence-corrected chi connectivity index (χ4v) is 3.29. The van der Waals surface area contributed by atoms with Crippen LogP contribution < -0.4 is 5.32 Å². The summed E-state index contributed by atoms with van der Waals surface area (Å²) in [4.78, 5) is 14.2. The van der Waals surface area contributed by atoms with E-state index >= 15 is 0 Å². The van der Waals surface area contributed by atoms with Crippen molar-refractivity contribution in [2.75, 3.05) is 7.05 Å². The molecule has 3 heterocycles. The summed E-state index contributed by atoms with van der Waals surface area (Å²) >= 11 is 0. The number of hydrogen-bond donors (Lipinski definition) is 1. The summed E-state index contributed by atoms with van der Waals surface area (Å²) in [6.45, 7) is 0.612. The Hall–Kier alpha value is -1.43. The monoisotopic (exact) mass is 263 g/mol. The molecule has 2 aliphatic heterocycles.